The molecule has 0 atom stereocenters. The molecule has 0 unspecified atom stereocenters. The van der Waals surface area contributed by atoms with Gasteiger partial charge in [0.1, 0.15) is 18.2 Å². The Bertz CT molecular complexity index is 680. The molecule has 0 aliphatic carbocycles. The lowest BCUT2D eigenvalue weighted by molar-refractivity contribution is 0.389. The Hall–Kier alpha value is -1.87. The Morgan fingerprint density at radius 2 is 2.10 bits per heavy atom. The molecule has 1 aromatic heterocycles. The molecule has 0 radical (unpaired) electrons. The first-order valence-corrected chi connectivity index (χ1v) is 7.79. The number of piperidine rings is 1. The monoisotopic (exact) mass is 345 g/mol. The summed E-state index contributed by atoms with van der Waals surface area (Å²) in [7, 11) is 0. The number of para-hydroxylation sites is 1. The van der Waals surface area contributed by atoms with Crippen LogP contribution in [0.15, 0.2) is 29.0 Å². The predicted octanol–water partition coefficient (Wildman–Crippen LogP) is 3.06. The molecular formula is C15H16BrN5. The Morgan fingerprint density at radius 1 is 1.33 bits per heavy atom. The van der Waals surface area contributed by atoms with Crippen molar-refractivity contribution in [2.45, 2.75) is 25.8 Å². The number of halogens is 1. The fourth-order valence-electron chi connectivity index (χ4n) is 2.95. The average Bonchev–Trinajstić information content (AvgIpc) is 2.93. The van der Waals surface area contributed by atoms with Crippen LogP contribution < -0.4 is 4.90 Å². The van der Waals surface area contributed by atoms with Crippen LogP contribution in [0.4, 0.5) is 5.69 Å². The Balaban J connectivity index is 1.78. The third-order valence-corrected chi connectivity index (χ3v) is 4.67. The van der Waals surface area contributed by atoms with Crippen molar-refractivity contribution in [3.63, 3.8) is 0 Å². The van der Waals surface area contributed by atoms with Gasteiger partial charge in [-0.15, -0.1) is 10.2 Å². The summed E-state index contributed by atoms with van der Waals surface area (Å²) in [6, 6.07) is 8.50. The largest absolute Gasteiger partial charge is 0.369 e. The van der Waals surface area contributed by atoms with Gasteiger partial charge in [0.2, 0.25) is 0 Å². The highest BCUT2D eigenvalue weighted by Gasteiger charge is 2.24. The van der Waals surface area contributed by atoms with Crippen LogP contribution in [0, 0.1) is 18.3 Å². The minimum Gasteiger partial charge on any atom is -0.369 e. The molecule has 108 valence electrons. The van der Waals surface area contributed by atoms with Gasteiger partial charge in [0.05, 0.1) is 11.3 Å². The van der Waals surface area contributed by atoms with E-state index in [0.717, 1.165) is 47.5 Å². The second-order valence-corrected chi connectivity index (χ2v) is 6.11. The van der Waals surface area contributed by atoms with Crippen LogP contribution >= 0.6 is 15.9 Å². The van der Waals surface area contributed by atoms with Crippen LogP contribution in [-0.2, 0) is 0 Å². The number of nitrogens with zero attached hydrogens (tertiary/aromatic N) is 5. The summed E-state index contributed by atoms with van der Waals surface area (Å²) in [5, 5.41) is 17.3. The topological polar surface area (TPSA) is 57.7 Å². The number of hydrogen-bond donors (Lipinski definition) is 0. The van der Waals surface area contributed by atoms with Crippen LogP contribution in [0.2, 0.25) is 0 Å². The third-order valence-electron chi connectivity index (χ3n) is 4.03. The molecule has 0 amide bonds. The van der Waals surface area contributed by atoms with E-state index in [1.165, 1.54) is 0 Å². The highest BCUT2D eigenvalue weighted by Crippen LogP contribution is 2.34. The van der Waals surface area contributed by atoms with E-state index in [-0.39, 0.29) is 0 Å². The van der Waals surface area contributed by atoms with Gasteiger partial charge in [0, 0.05) is 23.6 Å². The molecule has 2 aromatic rings. The van der Waals surface area contributed by atoms with Gasteiger partial charge >= 0.3 is 0 Å². The molecular weight excluding hydrogens is 330 g/mol. The van der Waals surface area contributed by atoms with E-state index >= 15 is 0 Å². The zero-order valence-electron chi connectivity index (χ0n) is 11.8. The maximum atomic E-state index is 9.29. The van der Waals surface area contributed by atoms with Crippen molar-refractivity contribution in [3.05, 3.63) is 40.4 Å². The highest BCUT2D eigenvalue weighted by atomic mass is 79.9. The summed E-state index contributed by atoms with van der Waals surface area (Å²) in [5.74, 6) is 0.965. The number of hydrogen-bond acceptors (Lipinski definition) is 4. The van der Waals surface area contributed by atoms with Crippen molar-refractivity contribution in [3.8, 4) is 6.07 Å². The first-order valence-electron chi connectivity index (χ1n) is 7.00. The van der Waals surface area contributed by atoms with E-state index < -0.39 is 0 Å². The van der Waals surface area contributed by atoms with Gasteiger partial charge in [-0.1, -0.05) is 6.07 Å². The first kappa shape index (κ1) is 14.1. The summed E-state index contributed by atoms with van der Waals surface area (Å²) in [6.07, 6.45) is 3.88. The van der Waals surface area contributed by atoms with Crippen molar-refractivity contribution in [1.82, 2.24) is 14.8 Å². The van der Waals surface area contributed by atoms with Crippen molar-refractivity contribution in [2.24, 2.45) is 0 Å². The fourth-order valence-corrected chi connectivity index (χ4v) is 3.57. The van der Waals surface area contributed by atoms with Gasteiger partial charge in [0.15, 0.2) is 0 Å². The number of rotatable bonds is 2. The van der Waals surface area contributed by atoms with Crippen LogP contribution in [0.25, 0.3) is 0 Å². The molecule has 5 nitrogen and oxygen atoms in total. The normalized spacial score (nSPS) is 16.0. The van der Waals surface area contributed by atoms with E-state index in [0.29, 0.717) is 6.04 Å². The standard InChI is InChI=1S/C15H16BrN5/c1-11-19-18-10-21(11)13-5-7-20(8-6-13)15-12(9-17)3-2-4-14(15)16/h2-4,10,13H,5-8H2,1H3. The van der Waals surface area contributed by atoms with Gasteiger partial charge in [-0.3, -0.25) is 0 Å². The lowest BCUT2D eigenvalue weighted by atomic mass is 10.0. The number of nitriles is 1. The van der Waals surface area contributed by atoms with Gasteiger partial charge < -0.3 is 9.47 Å². The quantitative estimate of drug-likeness (QED) is 0.839. The smallest absolute Gasteiger partial charge is 0.129 e. The Kier molecular flexibility index (Phi) is 3.93. The Morgan fingerprint density at radius 3 is 2.71 bits per heavy atom. The molecule has 1 saturated heterocycles. The molecule has 1 aliphatic rings. The summed E-state index contributed by atoms with van der Waals surface area (Å²) in [4.78, 5) is 2.29. The second kappa shape index (κ2) is 5.86. The van der Waals surface area contributed by atoms with Crippen molar-refractivity contribution >= 4 is 21.6 Å². The van der Waals surface area contributed by atoms with Crippen molar-refractivity contribution < 1.29 is 0 Å². The molecule has 1 aliphatic heterocycles. The highest BCUT2D eigenvalue weighted by molar-refractivity contribution is 9.10. The maximum absolute atomic E-state index is 9.29. The molecule has 3 rings (SSSR count). The molecule has 6 heteroatoms. The minimum absolute atomic E-state index is 0.448. The molecule has 1 fully saturated rings. The number of aromatic nitrogens is 3. The molecule has 0 bridgehead atoms. The number of anilines is 1. The van der Waals surface area contributed by atoms with Gasteiger partial charge in [-0.2, -0.15) is 5.26 Å². The predicted molar refractivity (Wildman–Crippen MR) is 84.1 cm³/mol. The minimum atomic E-state index is 0.448. The fraction of sp³-hybridized carbons (Fsp3) is 0.400. The first-order chi connectivity index (χ1) is 10.2. The van der Waals surface area contributed by atoms with E-state index in [9.17, 15) is 5.26 Å². The second-order valence-electron chi connectivity index (χ2n) is 5.25. The van der Waals surface area contributed by atoms with Crippen LogP contribution in [0.3, 0.4) is 0 Å². The summed E-state index contributed by atoms with van der Waals surface area (Å²) >= 11 is 3.57. The van der Waals surface area contributed by atoms with Gasteiger partial charge in [-0.25, -0.2) is 0 Å². The molecule has 1 aromatic carbocycles. The third kappa shape index (κ3) is 2.66. The maximum Gasteiger partial charge on any atom is 0.129 e. The Labute approximate surface area is 132 Å². The van der Waals surface area contributed by atoms with Crippen molar-refractivity contribution in [2.75, 3.05) is 18.0 Å². The van der Waals surface area contributed by atoms with E-state index in [2.05, 4.69) is 41.7 Å². The average molecular weight is 346 g/mol. The van der Waals surface area contributed by atoms with Gasteiger partial charge in [-0.05, 0) is 47.8 Å². The lowest BCUT2D eigenvalue weighted by Gasteiger charge is -2.35. The molecule has 0 saturated carbocycles. The number of aryl methyl sites for hydroxylation is 1. The van der Waals surface area contributed by atoms with Crippen LogP contribution in [0.1, 0.15) is 30.3 Å². The summed E-state index contributed by atoms with van der Waals surface area (Å²) in [5.41, 5.74) is 1.74. The van der Waals surface area contributed by atoms with Crippen LogP contribution in [0.5, 0.6) is 0 Å². The summed E-state index contributed by atoms with van der Waals surface area (Å²) in [6.45, 7) is 3.85. The van der Waals surface area contributed by atoms with E-state index in [1.807, 2.05) is 31.5 Å². The molecule has 0 N–H and O–H groups in total. The molecule has 21 heavy (non-hydrogen) atoms. The zero-order chi connectivity index (χ0) is 14.8. The van der Waals surface area contributed by atoms with Gasteiger partial charge in [0.25, 0.3) is 0 Å². The van der Waals surface area contributed by atoms with Crippen molar-refractivity contribution in [1.29, 1.82) is 5.26 Å². The number of benzene rings is 1. The zero-order valence-corrected chi connectivity index (χ0v) is 13.4. The van der Waals surface area contributed by atoms with E-state index in [1.54, 1.807) is 0 Å². The lowest BCUT2D eigenvalue weighted by Crippen LogP contribution is -2.35. The summed E-state index contributed by atoms with van der Waals surface area (Å²) < 4.78 is 3.14. The SMILES string of the molecule is Cc1nncn1C1CCN(c2c(Br)cccc2C#N)CC1. The van der Waals surface area contributed by atoms with E-state index in [4.69, 9.17) is 0 Å². The molecule has 2 heterocycles. The van der Waals surface area contributed by atoms with Crippen LogP contribution in [-0.4, -0.2) is 27.9 Å². The molecule has 0 spiro atoms.